The van der Waals surface area contributed by atoms with Gasteiger partial charge in [-0.1, -0.05) is 19.1 Å². The maximum atomic E-state index is 12.4. The van der Waals surface area contributed by atoms with E-state index < -0.39 is 0 Å². The SMILES string of the molecule is CCC(=O)Nc1cccc(NCC(=O)Nc2cccc(C(=O)NCC3CCCO3)c2)c1C. The van der Waals surface area contributed by atoms with Crippen molar-refractivity contribution in [2.45, 2.75) is 39.2 Å². The summed E-state index contributed by atoms with van der Waals surface area (Å²) in [4.78, 5) is 36.5. The van der Waals surface area contributed by atoms with E-state index >= 15 is 0 Å². The molecule has 1 fully saturated rings. The van der Waals surface area contributed by atoms with Crippen molar-refractivity contribution < 1.29 is 19.1 Å². The van der Waals surface area contributed by atoms with Crippen LogP contribution >= 0.6 is 0 Å². The van der Waals surface area contributed by atoms with Gasteiger partial charge in [-0.25, -0.2) is 0 Å². The smallest absolute Gasteiger partial charge is 0.251 e. The Hall–Kier alpha value is -3.39. The third-order valence-corrected chi connectivity index (χ3v) is 5.29. The molecule has 3 amide bonds. The summed E-state index contributed by atoms with van der Waals surface area (Å²) in [7, 11) is 0. The van der Waals surface area contributed by atoms with Crippen LogP contribution in [0.4, 0.5) is 17.1 Å². The molecule has 8 nitrogen and oxygen atoms in total. The Labute approximate surface area is 188 Å². The monoisotopic (exact) mass is 438 g/mol. The van der Waals surface area contributed by atoms with E-state index in [1.165, 1.54) is 0 Å². The summed E-state index contributed by atoms with van der Waals surface area (Å²) in [6.07, 6.45) is 2.44. The summed E-state index contributed by atoms with van der Waals surface area (Å²) in [5, 5.41) is 11.6. The van der Waals surface area contributed by atoms with Gasteiger partial charge in [0.15, 0.2) is 0 Å². The molecule has 1 saturated heterocycles. The number of carbonyl (C=O) groups is 3. The van der Waals surface area contributed by atoms with Crippen LogP contribution in [0.3, 0.4) is 0 Å². The standard InChI is InChI=1S/C24H30N4O4/c1-3-22(29)28-21-11-5-10-20(16(21)2)25-15-23(30)27-18-8-4-7-17(13-18)24(31)26-14-19-9-6-12-32-19/h4-5,7-8,10-11,13,19,25H,3,6,9,12,14-15H2,1-2H3,(H,26,31)(H,27,30)(H,28,29). The van der Waals surface area contributed by atoms with E-state index in [2.05, 4.69) is 21.3 Å². The molecule has 2 aromatic rings. The van der Waals surface area contributed by atoms with Gasteiger partial charge in [-0.15, -0.1) is 0 Å². The van der Waals surface area contributed by atoms with E-state index in [-0.39, 0.29) is 30.4 Å². The quantitative estimate of drug-likeness (QED) is 0.480. The molecule has 1 unspecified atom stereocenters. The minimum Gasteiger partial charge on any atom is -0.376 e. The largest absolute Gasteiger partial charge is 0.376 e. The first-order chi connectivity index (χ1) is 15.5. The zero-order valence-corrected chi connectivity index (χ0v) is 18.5. The second-order valence-electron chi connectivity index (χ2n) is 7.71. The zero-order valence-electron chi connectivity index (χ0n) is 18.5. The van der Waals surface area contributed by atoms with Crippen LogP contribution < -0.4 is 21.3 Å². The van der Waals surface area contributed by atoms with Crippen LogP contribution in [0.5, 0.6) is 0 Å². The van der Waals surface area contributed by atoms with Crippen LogP contribution in [0.25, 0.3) is 0 Å². The number of anilines is 3. The van der Waals surface area contributed by atoms with Crippen molar-refractivity contribution in [1.29, 1.82) is 0 Å². The highest BCUT2D eigenvalue weighted by molar-refractivity contribution is 5.98. The average molecular weight is 439 g/mol. The van der Waals surface area contributed by atoms with Gasteiger partial charge in [0.25, 0.3) is 5.91 Å². The van der Waals surface area contributed by atoms with E-state index in [0.29, 0.717) is 29.9 Å². The first-order valence-electron chi connectivity index (χ1n) is 10.9. The van der Waals surface area contributed by atoms with Gasteiger partial charge in [0.1, 0.15) is 0 Å². The van der Waals surface area contributed by atoms with E-state index in [1.807, 2.05) is 25.1 Å². The Morgan fingerprint density at radius 2 is 1.81 bits per heavy atom. The van der Waals surface area contributed by atoms with Crippen LogP contribution in [0.15, 0.2) is 42.5 Å². The van der Waals surface area contributed by atoms with Gasteiger partial charge < -0.3 is 26.0 Å². The molecule has 8 heteroatoms. The minimum absolute atomic E-state index is 0.0431. The van der Waals surface area contributed by atoms with Crippen LogP contribution in [0.2, 0.25) is 0 Å². The molecule has 32 heavy (non-hydrogen) atoms. The van der Waals surface area contributed by atoms with E-state index in [0.717, 1.165) is 30.7 Å². The van der Waals surface area contributed by atoms with E-state index in [1.54, 1.807) is 31.2 Å². The Morgan fingerprint density at radius 1 is 1.03 bits per heavy atom. The van der Waals surface area contributed by atoms with Crippen molar-refractivity contribution in [3.63, 3.8) is 0 Å². The van der Waals surface area contributed by atoms with E-state index in [9.17, 15) is 14.4 Å². The first-order valence-corrected chi connectivity index (χ1v) is 10.9. The fourth-order valence-corrected chi connectivity index (χ4v) is 3.43. The Kier molecular flexibility index (Phi) is 8.21. The molecule has 2 aromatic carbocycles. The molecule has 1 atom stereocenters. The molecule has 0 spiro atoms. The van der Waals surface area contributed by atoms with Crippen molar-refractivity contribution in [1.82, 2.24) is 5.32 Å². The number of carbonyl (C=O) groups excluding carboxylic acids is 3. The van der Waals surface area contributed by atoms with E-state index in [4.69, 9.17) is 4.74 Å². The molecule has 1 aliphatic heterocycles. The summed E-state index contributed by atoms with van der Waals surface area (Å²) < 4.78 is 5.52. The topological polar surface area (TPSA) is 109 Å². The lowest BCUT2D eigenvalue weighted by molar-refractivity contribution is -0.116. The van der Waals surface area contributed by atoms with Crippen molar-refractivity contribution in [2.24, 2.45) is 0 Å². The molecule has 0 radical (unpaired) electrons. The number of nitrogens with one attached hydrogen (secondary N) is 4. The lowest BCUT2D eigenvalue weighted by atomic mass is 10.1. The molecule has 0 saturated carbocycles. The number of hydrogen-bond acceptors (Lipinski definition) is 5. The molecule has 0 bridgehead atoms. The highest BCUT2D eigenvalue weighted by Gasteiger charge is 2.17. The third-order valence-electron chi connectivity index (χ3n) is 5.29. The van der Waals surface area contributed by atoms with Gasteiger partial charge in [0, 0.05) is 42.2 Å². The fourth-order valence-electron chi connectivity index (χ4n) is 3.43. The van der Waals surface area contributed by atoms with Gasteiger partial charge in [0.2, 0.25) is 11.8 Å². The normalized spacial score (nSPS) is 15.1. The maximum absolute atomic E-state index is 12.4. The van der Waals surface area contributed by atoms with Crippen LogP contribution in [-0.2, 0) is 14.3 Å². The summed E-state index contributed by atoms with van der Waals surface area (Å²) in [5.74, 6) is -0.511. The maximum Gasteiger partial charge on any atom is 0.251 e. The Bertz CT molecular complexity index is 970. The summed E-state index contributed by atoms with van der Waals surface area (Å²) in [6.45, 7) is 4.94. The third kappa shape index (κ3) is 6.55. The Morgan fingerprint density at radius 3 is 2.56 bits per heavy atom. The summed E-state index contributed by atoms with van der Waals surface area (Å²) in [5.41, 5.74) is 3.35. The van der Waals surface area contributed by atoms with Gasteiger partial charge in [-0.2, -0.15) is 0 Å². The Balaban J connectivity index is 1.53. The molecular formula is C24H30N4O4. The molecule has 4 N–H and O–H groups in total. The van der Waals surface area contributed by atoms with Crippen molar-refractivity contribution in [2.75, 3.05) is 35.6 Å². The lowest BCUT2D eigenvalue weighted by Gasteiger charge is -2.14. The molecule has 1 aliphatic rings. The van der Waals surface area contributed by atoms with Crippen LogP contribution in [0.1, 0.15) is 42.1 Å². The van der Waals surface area contributed by atoms with Crippen molar-refractivity contribution in [3.05, 3.63) is 53.6 Å². The number of ether oxygens (including phenoxy) is 1. The van der Waals surface area contributed by atoms with Gasteiger partial charge >= 0.3 is 0 Å². The highest BCUT2D eigenvalue weighted by atomic mass is 16.5. The average Bonchev–Trinajstić information content (AvgIpc) is 3.32. The van der Waals surface area contributed by atoms with Crippen LogP contribution in [0, 0.1) is 6.92 Å². The molecular weight excluding hydrogens is 408 g/mol. The first kappa shape index (κ1) is 23.3. The number of rotatable bonds is 9. The molecule has 3 rings (SSSR count). The van der Waals surface area contributed by atoms with Crippen molar-refractivity contribution >= 4 is 34.8 Å². The number of hydrogen-bond donors (Lipinski definition) is 4. The molecule has 1 heterocycles. The molecule has 170 valence electrons. The van der Waals surface area contributed by atoms with Crippen molar-refractivity contribution in [3.8, 4) is 0 Å². The number of benzene rings is 2. The minimum atomic E-state index is -0.246. The molecule has 0 aromatic heterocycles. The molecule has 0 aliphatic carbocycles. The fraction of sp³-hybridized carbons (Fsp3) is 0.375. The summed E-state index contributed by atoms with van der Waals surface area (Å²) >= 11 is 0. The zero-order chi connectivity index (χ0) is 22.9. The predicted octanol–water partition coefficient (Wildman–Crippen LogP) is 3.30. The summed E-state index contributed by atoms with van der Waals surface area (Å²) in [6, 6.07) is 12.3. The second-order valence-corrected chi connectivity index (χ2v) is 7.71. The van der Waals surface area contributed by atoms with Crippen LogP contribution in [-0.4, -0.2) is 43.5 Å². The lowest BCUT2D eigenvalue weighted by Crippen LogP contribution is -2.31. The highest BCUT2D eigenvalue weighted by Crippen LogP contribution is 2.23. The van der Waals surface area contributed by atoms with Gasteiger partial charge in [0.05, 0.1) is 12.6 Å². The predicted molar refractivity (Wildman–Crippen MR) is 125 cm³/mol. The van der Waals surface area contributed by atoms with Gasteiger partial charge in [-0.05, 0) is 55.7 Å². The number of amides is 3. The second kappa shape index (κ2) is 11.3. The van der Waals surface area contributed by atoms with Gasteiger partial charge in [-0.3, -0.25) is 14.4 Å².